The van der Waals surface area contributed by atoms with E-state index in [-0.39, 0.29) is 54.8 Å². The van der Waals surface area contributed by atoms with Gasteiger partial charge in [-0.1, -0.05) is 58.5 Å². The van der Waals surface area contributed by atoms with Crippen LogP contribution in [0.5, 0.6) is 0 Å². The third-order valence-electron chi connectivity index (χ3n) is 6.42. The molecular formula is C26H22Cl4N4O7S. The highest BCUT2D eigenvalue weighted by atomic mass is 35.5. The van der Waals surface area contributed by atoms with Gasteiger partial charge in [0.1, 0.15) is 6.04 Å². The maximum Gasteiger partial charge on any atom is 0.335 e. The number of halogens is 4. The maximum atomic E-state index is 13.4. The number of carboxylic acid groups (broad SMARTS) is 1. The molecule has 0 aliphatic carbocycles. The molecule has 1 saturated heterocycles. The number of rotatable bonds is 9. The van der Waals surface area contributed by atoms with Gasteiger partial charge in [0.15, 0.2) is 6.10 Å². The number of benzene rings is 2. The minimum atomic E-state index is -4.20. The van der Waals surface area contributed by atoms with Crippen molar-refractivity contribution in [3.63, 3.8) is 0 Å². The van der Waals surface area contributed by atoms with Crippen LogP contribution in [0, 0.1) is 0 Å². The minimum absolute atomic E-state index is 0.0000328. The van der Waals surface area contributed by atoms with E-state index in [0.717, 1.165) is 4.31 Å². The molecule has 4 rings (SSSR count). The van der Waals surface area contributed by atoms with Gasteiger partial charge < -0.3 is 20.8 Å². The van der Waals surface area contributed by atoms with Crippen LogP contribution < -0.4 is 10.6 Å². The van der Waals surface area contributed by atoms with Crippen LogP contribution in [-0.4, -0.2) is 64.4 Å². The van der Waals surface area contributed by atoms with E-state index >= 15 is 0 Å². The maximum absolute atomic E-state index is 13.4. The fraction of sp³-hybridized carbons (Fsp3) is 0.231. The number of sulfonamides is 1. The zero-order valence-corrected chi connectivity index (χ0v) is 25.1. The molecule has 4 N–H and O–H groups in total. The van der Waals surface area contributed by atoms with Gasteiger partial charge in [0.2, 0.25) is 15.9 Å². The Hall–Kier alpha value is -2.97. The predicted molar refractivity (Wildman–Crippen MR) is 157 cm³/mol. The first kappa shape index (κ1) is 32.0. The van der Waals surface area contributed by atoms with Crippen molar-refractivity contribution in [2.75, 3.05) is 11.9 Å². The lowest BCUT2D eigenvalue weighted by molar-refractivity contribution is -0.149. The highest BCUT2D eigenvalue weighted by Crippen LogP contribution is 2.31. The van der Waals surface area contributed by atoms with Crippen LogP contribution in [0.4, 0.5) is 5.69 Å². The summed E-state index contributed by atoms with van der Waals surface area (Å²) in [6.07, 6.45) is 0.944. The molecular weight excluding hydrogens is 654 g/mol. The quantitative estimate of drug-likeness (QED) is 0.259. The molecule has 0 spiro atoms. The van der Waals surface area contributed by atoms with Crippen LogP contribution in [0.25, 0.3) is 0 Å². The molecule has 11 nitrogen and oxygen atoms in total. The number of anilines is 1. The molecule has 2 amide bonds. The number of carbonyl (C=O) groups excluding carboxylic acids is 2. The number of carboxylic acids is 1. The lowest BCUT2D eigenvalue weighted by Gasteiger charge is -2.27. The normalized spacial score (nSPS) is 16.9. The van der Waals surface area contributed by atoms with E-state index in [4.69, 9.17) is 46.4 Å². The molecule has 2 aromatic carbocycles. The van der Waals surface area contributed by atoms with Gasteiger partial charge in [0, 0.05) is 34.7 Å². The number of hydrogen-bond acceptors (Lipinski definition) is 7. The smallest absolute Gasteiger partial charge is 0.335 e. The van der Waals surface area contributed by atoms with E-state index in [0.29, 0.717) is 6.42 Å². The number of amides is 2. The van der Waals surface area contributed by atoms with Crippen molar-refractivity contribution in [1.29, 1.82) is 0 Å². The van der Waals surface area contributed by atoms with Gasteiger partial charge in [0.05, 0.1) is 26.5 Å². The van der Waals surface area contributed by atoms with Gasteiger partial charge in [-0.05, 0) is 48.7 Å². The number of aliphatic hydroxyl groups excluding tert-OH is 1. The van der Waals surface area contributed by atoms with E-state index in [1.54, 1.807) is 0 Å². The summed E-state index contributed by atoms with van der Waals surface area (Å²) in [4.78, 5) is 41.3. The highest BCUT2D eigenvalue weighted by Gasteiger charge is 2.41. The topological polar surface area (TPSA) is 166 Å². The molecule has 222 valence electrons. The van der Waals surface area contributed by atoms with E-state index in [2.05, 4.69) is 15.6 Å². The second kappa shape index (κ2) is 13.1. The largest absolute Gasteiger partial charge is 0.479 e. The number of aliphatic carboxylic acids is 1. The second-order valence-corrected chi connectivity index (χ2v) is 12.8. The van der Waals surface area contributed by atoms with Crippen LogP contribution >= 0.6 is 46.4 Å². The van der Waals surface area contributed by atoms with Crippen molar-refractivity contribution in [3.05, 3.63) is 86.1 Å². The Morgan fingerprint density at radius 3 is 2.14 bits per heavy atom. The van der Waals surface area contributed by atoms with Gasteiger partial charge in [0.25, 0.3) is 5.91 Å². The molecule has 42 heavy (non-hydrogen) atoms. The van der Waals surface area contributed by atoms with E-state index in [1.807, 2.05) is 0 Å². The molecule has 3 aromatic rings. The van der Waals surface area contributed by atoms with Gasteiger partial charge in [-0.3, -0.25) is 14.6 Å². The van der Waals surface area contributed by atoms with Gasteiger partial charge in [-0.25, -0.2) is 13.2 Å². The number of pyridine rings is 1. The first-order valence-corrected chi connectivity index (χ1v) is 15.1. The van der Waals surface area contributed by atoms with Crippen LogP contribution in [0.2, 0.25) is 20.1 Å². The highest BCUT2D eigenvalue weighted by molar-refractivity contribution is 7.89. The van der Waals surface area contributed by atoms with Gasteiger partial charge >= 0.3 is 5.97 Å². The fourth-order valence-electron chi connectivity index (χ4n) is 4.43. The lowest BCUT2D eigenvalue weighted by Crippen LogP contribution is -2.49. The van der Waals surface area contributed by atoms with E-state index < -0.39 is 46.0 Å². The first-order chi connectivity index (χ1) is 19.8. The summed E-state index contributed by atoms with van der Waals surface area (Å²) in [7, 11) is -4.20. The molecule has 0 saturated carbocycles. The Kier molecular flexibility index (Phi) is 9.99. The molecule has 1 fully saturated rings. The van der Waals surface area contributed by atoms with E-state index in [1.165, 1.54) is 54.9 Å². The summed E-state index contributed by atoms with van der Waals surface area (Å²) >= 11 is 24.0. The molecule has 1 aromatic heterocycles. The van der Waals surface area contributed by atoms with Crippen molar-refractivity contribution in [1.82, 2.24) is 14.6 Å². The monoisotopic (exact) mass is 674 g/mol. The number of nitrogens with one attached hydrogen (secondary N) is 2. The van der Waals surface area contributed by atoms with Crippen LogP contribution in [0.1, 0.15) is 34.8 Å². The van der Waals surface area contributed by atoms with Crippen molar-refractivity contribution in [3.8, 4) is 0 Å². The number of carbonyl (C=O) groups is 3. The van der Waals surface area contributed by atoms with Crippen LogP contribution in [0.3, 0.4) is 0 Å². The number of aromatic nitrogens is 1. The Balaban J connectivity index is 1.55. The second-order valence-electron chi connectivity index (χ2n) is 9.20. The summed E-state index contributed by atoms with van der Waals surface area (Å²) in [5, 5.41) is 25.3. The molecule has 16 heteroatoms. The Morgan fingerprint density at radius 1 is 0.976 bits per heavy atom. The Morgan fingerprint density at radius 2 is 1.57 bits per heavy atom. The van der Waals surface area contributed by atoms with Crippen LogP contribution in [-0.2, 0) is 19.6 Å². The minimum Gasteiger partial charge on any atom is -0.479 e. The van der Waals surface area contributed by atoms with Crippen molar-refractivity contribution < 1.29 is 33.0 Å². The standard InChI is InChI=1S/C26H22Cl4N4O7S/c27-14-8-15(28)10-17(9-14)42(40,41)34-7-1-2-20(34)24(36)33-22(23(35)26(38)39)13-3-5-16(6-4-13)32-25(37)21-18(29)11-31-12-19(21)30/h3-6,8-12,20,22-23,35H,1-2,7H2,(H,32,37)(H,33,36)(H,38,39)/t20-,22?,23?/m0/s1. The third kappa shape index (κ3) is 6.97. The Labute approximate surface area is 260 Å². The average molecular weight is 676 g/mol. The zero-order chi connectivity index (χ0) is 30.8. The van der Waals surface area contributed by atoms with Crippen LogP contribution in [0.15, 0.2) is 59.8 Å². The Bertz CT molecular complexity index is 1600. The predicted octanol–water partition coefficient (Wildman–Crippen LogP) is 4.40. The SMILES string of the molecule is O=C(Nc1ccc(C(NC(=O)[C@@H]2CCCN2S(=O)(=O)c2cc(Cl)cc(Cl)c2)C(O)C(=O)O)cc1)c1c(Cl)cncc1Cl. The summed E-state index contributed by atoms with van der Waals surface area (Å²) < 4.78 is 27.7. The third-order valence-corrected chi connectivity index (χ3v) is 9.32. The zero-order valence-electron chi connectivity index (χ0n) is 21.3. The molecule has 0 radical (unpaired) electrons. The molecule has 2 unspecified atom stereocenters. The molecule has 1 aliphatic heterocycles. The summed E-state index contributed by atoms with van der Waals surface area (Å²) in [5.74, 6) is -3.06. The fourth-order valence-corrected chi connectivity index (χ4v) is 7.35. The first-order valence-electron chi connectivity index (χ1n) is 12.2. The van der Waals surface area contributed by atoms with Crippen molar-refractivity contribution in [2.24, 2.45) is 0 Å². The van der Waals surface area contributed by atoms with Crippen molar-refractivity contribution >= 4 is 79.9 Å². The summed E-state index contributed by atoms with van der Waals surface area (Å²) in [5.41, 5.74) is 0.445. The lowest BCUT2D eigenvalue weighted by atomic mass is 10.00. The summed E-state index contributed by atoms with van der Waals surface area (Å²) in [6.45, 7) is 0.0244. The molecule has 1 aliphatic rings. The van der Waals surface area contributed by atoms with Gasteiger partial charge in [-0.15, -0.1) is 0 Å². The van der Waals surface area contributed by atoms with E-state index in [9.17, 15) is 33.0 Å². The number of aliphatic hydroxyl groups is 1. The van der Waals surface area contributed by atoms with Crippen molar-refractivity contribution in [2.45, 2.75) is 35.9 Å². The summed E-state index contributed by atoms with van der Waals surface area (Å²) in [6, 6.07) is 6.75. The van der Waals surface area contributed by atoms with Gasteiger partial charge in [-0.2, -0.15) is 4.31 Å². The number of nitrogens with zero attached hydrogens (tertiary/aromatic N) is 2. The molecule has 3 atom stereocenters. The number of hydrogen-bond donors (Lipinski definition) is 4. The molecule has 0 bridgehead atoms. The molecule has 2 heterocycles. The average Bonchev–Trinajstić information content (AvgIpc) is 3.42.